The normalized spacial score (nSPS) is 15.5. The molecule has 1 heterocycles. The van der Waals surface area contributed by atoms with Crippen LogP contribution in [0, 0.1) is 0 Å². The van der Waals surface area contributed by atoms with E-state index in [4.69, 9.17) is 11.6 Å². The van der Waals surface area contributed by atoms with Crippen LogP contribution >= 0.6 is 11.6 Å². The van der Waals surface area contributed by atoms with E-state index in [1.165, 1.54) is 11.1 Å². The molecule has 0 bridgehead atoms. The first kappa shape index (κ1) is 8.52. The maximum absolute atomic E-state index is 5.80. The molecule has 0 saturated carbocycles. The molecule has 0 radical (unpaired) electrons. The molecule has 1 aliphatic rings. The number of hydrogen-bond acceptors (Lipinski definition) is 1. The van der Waals surface area contributed by atoms with Gasteiger partial charge in [-0.15, -0.1) is 0 Å². The van der Waals surface area contributed by atoms with Crippen LogP contribution < -0.4 is 0 Å². The minimum absolute atomic E-state index is 0.778. The van der Waals surface area contributed by atoms with Gasteiger partial charge < -0.3 is 0 Å². The number of halogens is 1. The molecule has 2 rings (SSSR count). The van der Waals surface area contributed by atoms with Crippen LogP contribution in [0.3, 0.4) is 0 Å². The van der Waals surface area contributed by atoms with Gasteiger partial charge in [0, 0.05) is 10.7 Å². The van der Waals surface area contributed by atoms with Crippen LogP contribution in [-0.2, 0) is 0 Å². The molecule has 0 atom stereocenters. The minimum Gasteiger partial charge on any atom is -0.285 e. The van der Waals surface area contributed by atoms with Gasteiger partial charge in [-0.3, -0.25) is 4.99 Å². The van der Waals surface area contributed by atoms with Gasteiger partial charge in [-0.2, -0.15) is 0 Å². The highest BCUT2D eigenvalue weighted by Gasteiger charge is 2.06. The van der Waals surface area contributed by atoms with E-state index in [-0.39, 0.29) is 0 Å². The van der Waals surface area contributed by atoms with Gasteiger partial charge in [-0.05, 0) is 36.3 Å². The fourth-order valence-corrected chi connectivity index (χ4v) is 1.52. The number of hydrogen-bond donors (Lipinski definition) is 0. The number of rotatable bonds is 1. The van der Waals surface area contributed by atoms with Gasteiger partial charge in [0.05, 0.1) is 6.54 Å². The van der Waals surface area contributed by atoms with E-state index in [2.05, 4.69) is 11.1 Å². The van der Waals surface area contributed by atoms with E-state index in [1.54, 1.807) is 0 Å². The molecule has 0 aromatic heterocycles. The van der Waals surface area contributed by atoms with Crippen molar-refractivity contribution in [3.63, 3.8) is 0 Å². The molecule has 13 heavy (non-hydrogen) atoms. The molecule has 0 N–H and O–H groups in total. The van der Waals surface area contributed by atoms with Gasteiger partial charge in [0.1, 0.15) is 0 Å². The van der Waals surface area contributed by atoms with Crippen molar-refractivity contribution < 1.29 is 0 Å². The third-order valence-corrected chi connectivity index (χ3v) is 2.35. The fourth-order valence-electron chi connectivity index (χ4n) is 1.39. The van der Waals surface area contributed by atoms with Gasteiger partial charge in [-0.25, -0.2) is 0 Å². The molecular formula is C11H10ClN. The molecule has 1 aliphatic heterocycles. The summed E-state index contributed by atoms with van der Waals surface area (Å²) in [5, 5.41) is 0.778. The maximum Gasteiger partial charge on any atom is 0.0649 e. The predicted octanol–water partition coefficient (Wildman–Crippen LogP) is 3.20. The summed E-state index contributed by atoms with van der Waals surface area (Å²) in [6.07, 6.45) is 2.11. The Morgan fingerprint density at radius 2 is 1.92 bits per heavy atom. The van der Waals surface area contributed by atoms with Crippen LogP contribution in [0.1, 0.15) is 12.5 Å². The third-order valence-electron chi connectivity index (χ3n) is 2.10. The lowest BCUT2D eigenvalue weighted by atomic mass is 10.1. The van der Waals surface area contributed by atoms with Crippen molar-refractivity contribution in [2.24, 2.45) is 4.99 Å². The van der Waals surface area contributed by atoms with Crippen LogP contribution in [0.2, 0.25) is 5.02 Å². The van der Waals surface area contributed by atoms with E-state index in [1.807, 2.05) is 31.2 Å². The first-order valence-electron chi connectivity index (χ1n) is 4.23. The van der Waals surface area contributed by atoms with Crippen molar-refractivity contribution >= 4 is 22.9 Å². The van der Waals surface area contributed by atoms with E-state index >= 15 is 0 Å². The Kier molecular flexibility index (Phi) is 2.19. The lowest BCUT2D eigenvalue weighted by Crippen LogP contribution is -1.83. The van der Waals surface area contributed by atoms with Crippen LogP contribution in [0.15, 0.2) is 35.3 Å². The van der Waals surface area contributed by atoms with Gasteiger partial charge in [0.25, 0.3) is 0 Å². The van der Waals surface area contributed by atoms with Crippen molar-refractivity contribution in [3.05, 3.63) is 40.9 Å². The Balaban J connectivity index is 2.28. The zero-order valence-electron chi connectivity index (χ0n) is 7.42. The SMILES string of the molecule is CC1=NCC(c2ccc(Cl)cc2)=C1. The van der Waals surface area contributed by atoms with Crippen LogP contribution in [0.25, 0.3) is 5.57 Å². The molecule has 0 amide bonds. The molecular weight excluding hydrogens is 182 g/mol. The van der Waals surface area contributed by atoms with Gasteiger partial charge in [-0.1, -0.05) is 23.7 Å². The Hall–Kier alpha value is -1.08. The van der Waals surface area contributed by atoms with E-state index in [0.29, 0.717) is 0 Å². The van der Waals surface area contributed by atoms with E-state index in [0.717, 1.165) is 17.3 Å². The number of benzene rings is 1. The predicted molar refractivity (Wildman–Crippen MR) is 57.4 cm³/mol. The van der Waals surface area contributed by atoms with Gasteiger partial charge in [0.2, 0.25) is 0 Å². The van der Waals surface area contributed by atoms with Crippen LogP contribution in [-0.4, -0.2) is 12.3 Å². The summed E-state index contributed by atoms with van der Waals surface area (Å²) in [4.78, 5) is 4.31. The summed E-state index contributed by atoms with van der Waals surface area (Å²) in [6.45, 7) is 2.82. The molecule has 0 unspecified atom stereocenters. The van der Waals surface area contributed by atoms with Crippen molar-refractivity contribution in [1.29, 1.82) is 0 Å². The zero-order chi connectivity index (χ0) is 9.26. The summed E-state index contributed by atoms with van der Waals surface area (Å²) in [5.41, 5.74) is 3.59. The molecule has 2 heteroatoms. The third kappa shape index (κ3) is 1.81. The number of nitrogens with zero attached hydrogens (tertiary/aromatic N) is 1. The highest BCUT2D eigenvalue weighted by Crippen LogP contribution is 2.20. The van der Waals surface area contributed by atoms with Crippen LogP contribution in [0.4, 0.5) is 0 Å². The standard InChI is InChI=1S/C11H10ClN/c1-8-6-10(7-13-8)9-2-4-11(12)5-3-9/h2-6H,7H2,1H3. The first-order chi connectivity index (χ1) is 6.25. The Morgan fingerprint density at radius 1 is 1.23 bits per heavy atom. The van der Waals surface area contributed by atoms with Crippen molar-refractivity contribution in [2.45, 2.75) is 6.92 Å². The van der Waals surface area contributed by atoms with Gasteiger partial charge in [0.15, 0.2) is 0 Å². The summed E-state index contributed by atoms with van der Waals surface area (Å²) >= 11 is 5.80. The number of allylic oxidation sites excluding steroid dienone is 1. The fraction of sp³-hybridized carbons (Fsp3) is 0.182. The molecule has 0 fully saturated rings. The van der Waals surface area contributed by atoms with E-state index in [9.17, 15) is 0 Å². The second kappa shape index (κ2) is 3.35. The largest absolute Gasteiger partial charge is 0.285 e. The van der Waals surface area contributed by atoms with Crippen molar-refractivity contribution in [3.8, 4) is 0 Å². The smallest absolute Gasteiger partial charge is 0.0649 e. The monoisotopic (exact) mass is 191 g/mol. The first-order valence-corrected chi connectivity index (χ1v) is 4.61. The Labute approximate surface area is 82.8 Å². The second-order valence-electron chi connectivity index (χ2n) is 3.13. The van der Waals surface area contributed by atoms with Crippen LogP contribution in [0.5, 0.6) is 0 Å². The molecule has 66 valence electrons. The quantitative estimate of drug-likeness (QED) is 0.647. The second-order valence-corrected chi connectivity index (χ2v) is 3.57. The molecule has 0 saturated heterocycles. The maximum atomic E-state index is 5.80. The summed E-state index contributed by atoms with van der Waals surface area (Å²) in [6, 6.07) is 7.88. The molecule has 1 aromatic carbocycles. The molecule has 1 nitrogen and oxygen atoms in total. The van der Waals surface area contributed by atoms with Crippen molar-refractivity contribution in [2.75, 3.05) is 6.54 Å². The Bertz CT molecular complexity index is 374. The topological polar surface area (TPSA) is 12.4 Å². The average molecular weight is 192 g/mol. The highest BCUT2D eigenvalue weighted by atomic mass is 35.5. The highest BCUT2D eigenvalue weighted by molar-refractivity contribution is 6.30. The summed E-state index contributed by atoms with van der Waals surface area (Å²) in [7, 11) is 0. The van der Waals surface area contributed by atoms with Crippen molar-refractivity contribution in [1.82, 2.24) is 0 Å². The Morgan fingerprint density at radius 3 is 2.46 bits per heavy atom. The minimum atomic E-state index is 0.778. The summed E-state index contributed by atoms with van der Waals surface area (Å²) < 4.78 is 0. The molecule has 0 aliphatic carbocycles. The molecule has 0 spiro atoms. The lowest BCUT2D eigenvalue weighted by molar-refractivity contribution is 1.29. The molecule has 1 aromatic rings. The summed E-state index contributed by atoms with van der Waals surface area (Å²) in [5.74, 6) is 0. The number of aliphatic imine (C=N–C) groups is 1. The lowest BCUT2D eigenvalue weighted by Gasteiger charge is -1.99. The van der Waals surface area contributed by atoms with Gasteiger partial charge >= 0.3 is 0 Å². The van der Waals surface area contributed by atoms with E-state index < -0.39 is 0 Å². The average Bonchev–Trinajstić information content (AvgIpc) is 2.53. The zero-order valence-corrected chi connectivity index (χ0v) is 8.17.